The van der Waals surface area contributed by atoms with Crippen LogP contribution in [0.25, 0.3) is 0 Å². The van der Waals surface area contributed by atoms with Crippen molar-refractivity contribution < 1.29 is 0 Å². The number of aliphatic imine (C=N–C) groups is 1. The van der Waals surface area contributed by atoms with Crippen LogP contribution in [0.2, 0.25) is 0 Å². The first-order valence-corrected chi connectivity index (χ1v) is 4.29. The molecule has 2 heterocycles. The molecule has 1 aromatic heterocycles. The smallest absolute Gasteiger partial charge is 0.150 e. The fourth-order valence-electron chi connectivity index (χ4n) is 1.02. The van der Waals surface area contributed by atoms with Crippen molar-refractivity contribution in [3.8, 4) is 0 Å². The molecule has 0 radical (unpaired) electrons. The molecule has 0 saturated heterocycles. The van der Waals surface area contributed by atoms with E-state index in [0.717, 1.165) is 15.7 Å². The Kier molecular flexibility index (Phi) is 1.69. The molecule has 0 saturated carbocycles. The molecule has 0 N–H and O–H groups in total. The first-order chi connectivity index (χ1) is 5.27. The molecular weight excluding hydrogens is 227 g/mol. The van der Waals surface area contributed by atoms with Gasteiger partial charge in [0.1, 0.15) is 10.9 Å². The van der Waals surface area contributed by atoms with E-state index in [1.807, 2.05) is 6.07 Å². The summed E-state index contributed by atoms with van der Waals surface area (Å²) >= 11 is 9.10. The van der Waals surface area contributed by atoms with Crippen LogP contribution in [0.3, 0.4) is 0 Å². The number of nitrogens with zero attached hydrogens (tertiary/aromatic N) is 2. The summed E-state index contributed by atoms with van der Waals surface area (Å²) < 4.78 is 0.970. The molecule has 0 aromatic carbocycles. The van der Waals surface area contributed by atoms with Gasteiger partial charge in [-0.25, -0.2) is 0 Å². The standard InChI is InChI=1S/C7H4BrClN2/c8-5-1-4-2-11-7(9)6(4)10-3-5/h1,3H,2H2. The molecule has 11 heavy (non-hydrogen) atoms. The fourth-order valence-corrected chi connectivity index (χ4v) is 1.63. The highest BCUT2D eigenvalue weighted by Crippen LogP contribution is 2.21. The maximum absolute atomic E-state index is 5.77. The van der Waals surface area contributed by atoms with E-state index in [1.165, 1.54) is 0 Å². The van der Waals surface area contributed by atoms with Gasteiger partial charge in [0, 0.05) is 16.2 Å². The molecule has 56 valence electrons. The van der Waals surface area contributed by atoms with Crippen LogP contribution in [-0.2, 0) is 6.54 Å². The average molecular weight is 231 g/mol. The molecule has 0 amide bonds. The largest absolute Gasteiger partial charge is 0.266 e. The first kappa shape index (κ1) is 7.25. The van der Waals surface area contributed by atoms with Gasteiger partial charge in [0.15, 0.2) is 0 Å². The Bertz CT molecular complexity index is 335. The van der Waals surface area contributed by atoms with Gasteiger partial charge in [-0.05, 0) is 22.0 Å². The van der Waals surface area contributed by atoms with Crippen LogP contribution >= 0.6 is 27.5 Å². The van der Waals surface area contributed by atoms with Crippen LogP contribution in [-0.4, -0.2) is 10.2 Å². The summed E-state index contributed by atoms with van der Waals surface area (Å²) in [6.45, 7) is 0.653. The number of aromatic nitrogens is 1. The summed E-state index contributed by atoms with van der Waals surface area (Å²) in [5.41, 5.74) is 1.90. The summed E-state index contributed by atoms with van der Waals surface area (Å²) in [7, 11) is 0. The monoisotopic (exact) mass is 230 g/mol. The zero-order chi connectivity index (χ0) is 7.84. The van der Waals surface area contributed by atoms with Crippen molar-refractivity contribution in [2.75, 3.05) is 0 Å². The summed E-state index contributed by atoms with van der Waals surface area (Å²) in [6.07, 6.45) is 1.72. The fraction of sp³-hybridized carbons (Fsp3) is 0.143. The van der Waals surface area contributed by atoms with Crippen LogP contribution < -0.4 is 0 Å². The predicted molar refractivity (Wildman–Crippen MR) is 48.0 cm³/mol. The topological polar surface area (TPSA) is 25.2 Å². The summed E-state index contributed by atoms with van der Waals surface area (Å²) in [5.74, 6) is 0. The van der Waals surface area contributed by atoms with Gasteiger partial charge < -0.3 is 0 Å². The third-order valence-corrected chi connectivity index (χ3v) is 2.25. The van der Waals surface area contributed by atoms with Gasteiger partial charge in [-0.1, -0.05) is 11.6 Å². The van der Waals surface area contributed by atoms with Gasteiger partial charge in [0.25, 0.3) is 0 Å². The predicted octanol–water partition coefficient (Wildman–Crippen LogP) is 2.34. The van der Waals surface area contributed by atoms with Gasteiger partial charge in [0.05, 0.1) is 6.54 Å². The Morgan fingerprint density at radius 1 is 1.55 bits per heavy atom. The Labute approximate surface area is 77.4 Å². The normalized spacial score (nSPS) is 14.5. The highest BCUT2D eigenvalue weighted by Gasteiger charge is 2.14. The Morgan fingerprint density at radius 2 is 2.36 bits per heavy atom. The lowest BCUT2D eigenvalue weighted by molar-refractivity contribution is 1.09. The van der Waals surface area contributed by atoms with E-state index in [2.05, 4.69) is 25.9 Å². The molecule has 0 bridgehead atoms. The van der Waals surface area contributed by atoms with Gasteiger partial charge in [-0.2, -0.15) is 0 Å². The minimum Gasteiger partial charge on any atom is -0.266 e. The van der Waals surface area contributed by atoms with Gasteiger partial charge in [-0.15, -0.1) is 0 Å². The molecule has 1 aromatic rings. The summed E-state index contributed by atoms with van der Waals surface area (Å²) in [6, 6.07) is 1.99. The Hall–Kier alpha value is -0.410. The maximum Gasteiger partial charge on any atom is 0.150 e. The van der Waals surface area contributed by atoms with Crippen LogP contribution in [0, 0.1) is 0 Å². The van der Waals surface area contributed by atoms with E-state index in [1.54, 1.807) is 6.20 Å². The number of hydrogen-bond acceptors (Lipinski definition) is 2. The van der Waals surface area contributed by atoms with E-state index in [0.29, 0.717) is 11.7 Å². The quantitative estimate of drug-likeness (QED) is 0.673. The van der Waals surface area contributed by atoms with E-state index in [4.69, 9.17) is 11.6 Å². The second-order valence-electron chi connectivity index (χ2n) is 2.27. The van der Waals surface area contributed by atoms with Crippen molar-refractivity contribution in [2.24, 2.45) is 4.99 Å². The number of rotatable bonds is 0. The second kappa shape index (κ2) is 2.57. The Morgan fingerprint density at radius 3 is 3.18 bits per heavy atom. The first-order valence-electron chi connectivity index (χ1n) is 3.12. The van der Waals surface area contributed by atoms with Crippen molar-refractivity contribution in [3.63, 3.8) is 0 Å². The second-order valence-corrected chi connectivity index (χ2v) is 3.54. The van der Waals surface area contributed by atoms with E-state index >= 15 is 0 Å². The molecule has 2 rings (SSSR count). The van der Waals surface area contributed by atoms with E-state index in [-0.39, 0.29) is 0 Å². The number of halogens is 2. The van der Waals surface area contributed by atoms with Crippen LogP contribution in [0.5, 0.6) is 0 Å². The van der Waals surface area contributed by atoms with E-state index in [9.17, 15) is 0 Å². The molecule has 2 nitrogen and oxygen atoms in total. The van der Waals surface area contributed by atoms with Crippen molar-refractivity contribution in [2.45, 2.75) is 6.54 Å². The van der Waals surface area contributed by atoms with Crippen LogP contribution in [0.1, 0.15) is 11.3 Å². The molecule has 0 spiro atoms. The zero-order valence-electron chi connectivity index (χ0n) is 5.51. The van der Waals surface area contributed by atoms with E-state index < -0.39 is 0 Å². The SMILES string of the molecule is ClC1=NCc2cc(Br)cnc21. The van der Waals surface area contributed by atoms with Crippen molar-refractivity contribution in [1.82, 2.24) is 4.98 Å². The number of pyridine rings is 1. The molecule has 0 fully saturated rings. The van der Waals surface area contributed by atoms with Crippen LogP contribution in [0.4, 0.5) is 0 Å². The molecule has 1 aliphatic heterocycles. The van der Waals surface area contributed by atoms with Gasteiger partial charge in [-0.3, -0.25) is 9.98 Å². The summed E-state index contributed by atoms with van der Waals surface area (Å²) in [5, 5.41) is 0.521. The maximum atomic E-state index is 5.77. The zero-order valence-corrected chi connectivity index (χ0v) is 7.85. The minimum absolute atomic E-state index is 0.521. The highest BCUT2D eigenvalue weighted by molar-refractivity contribution is 9.10. The third kappa shape index (κ3) is 1.19. The number of hydrogen-bond donors (Lipinski definition) is 0. The van der Waals surface area contributed by atoms with Crippen molar-refractivity contribution in [3.05, 3.63) is 28.0 Å². The molecular formula is C7H4BrClN2. The van der Waals surface area contributed by atoms with Gasteiger partial charge in [0.2, 0.25) is 0 Å². The summed E-state index contributed by atoms with van der Waals surface area (Å²) in [4.78, 5) is 8.17. The Balaban J connectivity index is 2.58. The van der Waals surface area contributed by atoms with Crippen molar-refractivity contribution in [1.29, 1.82) is 0 Å². The van der Waals surface area contributed by atoms with Crippen molar-refractivity contribution >= 4 is 32.7 Å². The average Bonchev–Trinajstić information content (AvgIpc) is 2.32. The lowest BCUT2D eigenvalue weighted by atomic mass is 10.2. The van der Waals surface area contributed by atoms with Crippen LogP contribution in [0.15, 0.2) is 21.7 Å². The molecule has 0 atom stereocenters. The third-order valence-electron chi connectivity index (χ3n) is 1.52. The lowest BCUT2D eigenvalue weighted by Gasteiger charge is -1.95. The molecule has 1 aliphatic rings. The molecule has 4 heteroatoms. The van der Waals surface area contributed by atoms with Gasteiger partial charge >= 0.3 is 0 Å². The lowest BCUT2D eigenvalue weighted by Crippen LogP contribution is -1.93. The molecule has 0 unspecified atom stereocenters. The minimum atomic E-state index is 0.521. The highest BCUT2D eigenvalue weighted by atomic mass is 79.9. The number of fused-ring (bicyclic) bond motifs is 1. The molecule has 0 aliphatic carbocycles.